The molecule has 0 saturated carbocycles. The standard InChI is InChI=1S/C8H6ClFN4S/c9-6-1-2-7(10)5(3-6)4-11-8-12-13-14-15-8/h1-3H,4H2,(H,11,12,14). The zero-order valence-electron chi connectivity index (χ0n) is 7.44. The molecule has 2 aromatic rings. The van der Waals surface area contributed by atoms with Crippen molar-refractivity contribution in [2.24, 2.45) is 0 Å². The van der Waals surface area contributed by atoms with E-state index in [-0.39, 0.29) is 5.82 Å². The number of hydrogen-bond acceptors (Lipinski definition) is 5. The highest BCUT2D eigenvalue weighted by molar-refractivity contribution is 7.09. The Morgan fingerprint density at radius 1 is 1.47 bits per heavy atom. The molecule has 1 aromatic carbocycles. The van der Waals surface area contributed by atoms with Gasteiger partial charge in [0, 0.05) is 28.7 Å². The number of nitrogens with one attached hydrogen (secondary N) is 1. The lowest BCUT2D eigenvalue weighted by molar-refractivity contribution is 0.613. The van der Waals surface area contributed by atoms with Gasteiger partial charge in [0.1, 0.15) is 5.82 Å². The molecule has 0 bridgehead atoms. The smallest absolute Gasteiger partial charge is 0.225 e. The minimum atomic E-state index is -0.302. The second kappa shape index (κ2) is 4.50. The molecule has 78 valence electrons. The maximum absolute atomic E-state index is 13.3. The Kier molecular flexibility index (Phi) is 3.08. The minimum absolute atomic E-state index is 0.302. The van der Waals surface area contributed by atoms with Gasteiger partial charge in [-0.25, -0.2) is 4.39 Å². The largest absolute Gasteiger partial charge is 0.355 e. The van der Waals surface area contributed by atoms with Gasteiger partial charge in [0.05, 0.1) is 0 Å². The normalized spacial score (nSPS) is 10.3. The highest BCUT2D eigenvalue weighted by Gasteiger charge is 2.04. The van der Waals surface area contributed by atoms with Crippen molar-refractivity contribution in [3.63, 3.8) is 0 Å². The number of rotatable bonds is 3. The quantitative estimate of drug-likeness (QED) is 0.901. The predicted octanol–water partition coefficient (Wildman–Crippen LogP) is 2.34. The number of benzene rings is 1. The van der Waals surface area contributed by atoms with E-state index in [9.17, 15) is 4.39 Å². The van der Waals surface area contributed by atoms with Crippen LogP contribution in [0.15, 0.2) is 18.2 Å². The first-order valence-corrected chi connectivity index (χ1v) is 5.23. The van der Waals surface area contributed by atoms with E-state index >= 15 is 0 Å². The summed E-state index contributed by atoms with van der Waals surface area (Å²) in [4.78, 5) is 0. The first-order chi connectivity index (χ1) is 7.25. The first kappa shape index (κ1) is 10.3. The Hall–Kier alpha value is -1.27. The molecule has 0 fully saturated rings. The van der Waals surface area contributed by atoms with Crippen molar-refractivity contribution in [2.75, 3.05) is 5.32 Å². The molecule has 1 N–H and O–H groups in total. The molecule has 1 aromatic heterocycles. The van der Waals surface area contributed by atoms with Gasteiger partial charge in [0.25, 0.3) is 0 Å². The van der Waals surface area contributed by atoms with Crippen LogP contribution < -0.4 is 5.32 Å². The number of nitrogens with zero attached hydrogens (tertiary/aromatic N) is 3. The van der Waals surface area contributed by atoms with E-state index in [1.165, 1.54) is 12.1 Å². The van der Waals surface area contributed by atoms with Gasteiger partial charge >= 0.3 is 0 Å². The van der Waals surface area contributed by atoms with Crippen LogP contribution in [0.5, 0.6) is 0 Å². The topological polar surface area (TPSA) is 50.7 Å². The summed E-state index contributed by atoms with van der Waals surface area (Å²) in [5.41, 5.74) is 0.484. The van der Waals surface area contributed by atoms with Crippen molar-refractivity contribution in [1.82, 2.24) is 14.8 Å². The van der Waals surface area contributed by atoms with Crippen molar-refractivity contribution >= 4 is 28.3 Å². The fraction of sp³-hybridized carbons (Fsp3) is 0.125. The molecule has 0 saturated heterocycles. The summed E-state index contributed by atoms with van der Waals surface area (Å²) < 4.78 is 16.8. The molecule has 0 aliphatic rings. The zero-order valence-corrected chi connectivity index (χ0v) is 9.02. The van der Waals surface area contributed by atoms with Crippen LogP contribution in [0.4, 0.5) is 9.52 Å². The van der Waals surface area contributed by atoms with Gasteiger partial charge in [-0.1, -0.05) is 21.2 Å². The van der Waals surface area contributed by atoms with Crippen LogP contribution in [0.1, 0.15) is 5.56 Å². The Morgan fingerprint density at radius 3 is 3.07 bits per heavy atom. The highest BCUT2D eigenvalue weighted by Crippen LogP contribution is 2.16. The van der Waals surface area contributed by atoms with Crippen LogP contribution in [0.3, 0.4) is 0 Å². The lowest BCUT2D eigenvalue weighted by Crippen LogP contribution is -2.01. The van der Waals surface area contributed by atoms with Crippen LogP contribution in [0.25, 0.3) is 0 Å². The molecule has 0 amide bonds. The van der Waals surface area contributed by atoms with E-state index < -0.39 is 0 Å². The molecule has 0 atom stereocenters. The van der Waals surface area contributed by atoms with E-state index in [1.54, 1.807) is 6.07 Å². The van der Waals surface area contributed by atoms with Crippen LogP contribution >= 0.6 is 23.1 Å². The molecule has 0 aliphatic heterocycles. The summed E-state index contributed by atoms with van der Waals surface area (Å²) in [5.74, 6) is -0.302. The number of aromatic nitrogens is 3. The molecule has 4 nitrogen and oxygen atoms in total. The number of halogens is 2. The fourth-order valence-electron chi connectivity index (χ4n) is 1.05. The van der Waals surface area contributed by atoms with Crippen LogP contribution in [0.2, 0.25) is 5.02 Å². The van der Waals surface area contributed by atoms with E-state index in [4.69, 9.17) is 11.6 Å². The maximum atomic E-state index is 13.3. The third-order valence-corrected chi connectivity index (χ3v) is 2.53. The van der Waals surface area contributed by atoms with Gasteiger partial charge in [-0.05, 0) is 23.4 Å². The lowest BCUT2D eigenvalue weighted by atomic mass is 10.2. The third kappa shape index (κ3) is 2.60. The van der Waals surface area contributed by atoms with Crippen molar-refractivity contribution in [3.8, 4) is 0 Å². The maximum Gasteiger partial charge on any atom is 0.225 e. The molecule has 0 spiro atoms. The summed E-state index contributed by atoms with van der Waals surface area (Å²) >= 11 is 6.86. The van der Waals surface area contributed by atoms with Crippen molar-refractivity contribution in [3.05, 3.63) is 34.6 Å². The van der Waals surface area contributed by atoms with Gasteiger partial charge in [-0.2, -0.15) is 0 Å². The lowest BCUT2D eigenvalue weighted by Gasteiger charge is -2.03. The van der Waals surface area contributed by atoms with Gasteiger partial charge in [-0.3, -0.25) is 0 Å². The summed E-state index contributed by atoms with van der Waals surface area (Å²) in [6.07, 6.45) is 0. The van der Waals surface area contributed by atoms with Crippen molar-refractivity contribution in [2.45, 2.75) is 6.54 Å². The first-order valence-electron chi connectivity index (χ1n) is 4.08. The number of anilines is 1. The molecule has 0 radical (unpaired) electrons. The van der Waals surface area contributed by atoms with Crippen molar-refractivity contribution in [1.29, 1.82) is 0 Å². The van der Waals surface area contributed by atoms with E-state index in [0.29, 0.717) is 22.3 Å². The van der Waals surface area contributed by atoms with E-state index in [0.717, 1.165) is 11.5 Å². The molecular formula is C8H6ClFN4S. The molecule has 1 heterocycles. The Balaban J connectivity index is 2.07. The molecule has 15 heavy (non-hydrogen) atoms. The predicted molar refractivity (Wildman–Crippen MR) is 56.4 cm³/mol. The number of hydrogen-bond donors (Lipinski definition) is 1. The monoisotopic (exact) mass is 244 g/mol. The van der Waals surface area contributed by atoms with Gasteiger partial charge < -0.3 is 5.32 Å². The minimum Gasteiger partial charge on any atom is -0.355 e. The fourth-order valence-corrected chi connectivity index (χ4v) is 1.61. The summed E-state index contributed by atoms with van der Waals surface area (Å²) in [5, 5.41) is 11.0. The summed E-state index contributed by atoms with van der Waals surface area (Å²) in [6, 6.07) is 4.41. The van der Waals surface area contributed by atoms with Crippen molar-refractivity contribution < 1.29 is 4.39 Å². The summed E-state index contributed by atoms with van der Waals surface area (Å²) in [6.45, 7) is 0.309. The van der Waals surface area contributed by atoms with Crippen LogP contribution in [-0.4, -0.2) is 14.8 Å². The SMILES string of the molecule is Fc1ccc(Cl)cc1CNc1nnns1. The summed E-state index contributed by atoms with van der Waals surface area (Å²) in [7, 11) is 0. The van der Waals surface area contributed by atoms with Gasteiger partial charge in [0.2, 0.25) is 5.13 Å². The Labute approximate surface area is 94.2 Å². The molecule has 7 heteroatoms. The second-order valence-electron chi connectivity index (χ2n) is 2.76. The van der Waals surface area contributed by atoms with Gasteiger partial charge in [0.15, 0.2) is 0 Å². The van der Waals surface area contributed by atoms with E-state index in [2.05, 4.69) is 20.1 Å². The average Bonchev–Trinajstić information content (AvgIpc) is 2.72. The molecule has 2 rings (SSSR count). The Morgan fingerprint density at radius 2 is 2.33 bits per heavy atom. The Bertz CT molecular complexity index is 448. The highest BCUT2D eigenvalue weighted by atomic mass is 35.5. The van der Waals surface area contributed by atoms with Crippen LogP contribution in [0, 0.1) is 5.82 Å². The molecule has 0 unspecified atom stereocenters. The average molecular weight is 245 g/mol. The second-order valence-corrected chi connectivity index (χ2v) is 3.93. The zero-order chi connectivity index (χ0) is 10.7. The van der Waals surface area contributed by atoms with Gasteiger partial charge in [-0.15, -0.1) is 0 Å². The molecular weight excluding hydrogens is 239 g/mol. The van der Waals surface area contributed by atoms with Crippen LogP contribution in [-0.2, 0) is 6.54 Å². The molecule has 0 aliphatic carbocycles. The third-order valence-electron chi connectivity index (χ3n) is 1.74. The van der Waals surface area contributed by atoms with E-state index in [1.807, 2.05) is 0 Å².